The molecule has 0 aliphatic heterocycles. The first-order valence-electron chi connectivity index (χ1n) is 6.61. The fourth-order valence-electron chi connectivity index (χ4n) is 2.05. The number of nitrogens with zero attached hydrogens (tertiary/aromatic N) is 1. The van der Waals surface area contributed by atoms with Crippen LogP contribution in [0.25, 0.3) is 11.3 Å². The van der Waals surface area contributed by atoms with Gasteiger partial charge < -0.3 is 10.4 Å². The lowest BCUT2D eigenvalue weighted by atomic mass is 10.1. The van der Waals surface area contributed by atoms with Gasteiger partial charge in [-0.3, -0.25) is 0 Å². The van der Waals surface area contributed by atoms with Crippen LogP contribution >= 0.6 is 11.3 Å². The molecule has 7 heteroatoms. The second-order valence-electron chi connectivity index (χ2n) is 4.75. The topological polar surface area (TPSA) is 45.1 Å². The fourth-order valence-corrected chi connectivity index (χ4v) is 2.78. The van der Waals surface area contributed by atoms with E-state index < -0.39 is 11.7 Å². The van der Waals surface area contributed by atoms with Gasteiger partial charge >= 0.3 is 6.18 Å². The van der Waals surface area contributed by atoms with Crippen molar-refractivity contribution in [1.82, 2.24) is 4.98 Å². The van der Waals surface area contributed by atoms with Crippen molar-refractivity contribution >= 4 is 22.2 Å². The number of phenolic OH excluding ortho intramolecular Hbond substituents is 1. The second-order valence-corrected chi connectivity index (χ2v) is 5.61. The Morgan fingerprint density at radius 1 is 1.00 bits per heavy atom. The number of aromatic nitrogens is 1. The van der Waals surface area contributed by atoms with E-state index in [2.05, 4.69) is 10.3 Å². The molecule has 3 aromatic rings. The molecule has 0 amide bonds. The monoisotopic (exact) mass is 336 g/mol. The number of hydrogen-bond donors (Lipinski definition) is 2. The van der Waals surface area contributed by atoms with Crippen LogP contribution in [0.2, 0.25) is 0 Å². The molecule has 2 aromatic carbocycles. The molecule has 0 saturated heterocycles. The fraction of sp³-hybridized carbons (Fsp3) is 0.0625. The van der Waals surface area contributed by atoms with Gasteiger partial charge in [-0.2, -0.15) is 13.2 Å². The minimum absolute atomic E-state index is 0.0355. The molecule has 3 rings (SSSR count). The van der Waals surface area contributed by atoms with Crippen molar-refractivity contribution < 1.29 is 18.3 Å². The van der Waals surface area contributed by atoms with E-state index in [0.717, 1.165) is 11.6 Å². The largest absolute Gasteiger partial charge is 0.508 e. The first kappa shape index (κ1) is 15.4. The summed E-state index contributed by atoms with van der Waals surface area (Å²) in [4.78, 5) is 4.29. The average molecular weight is 336 g/mol. The smallest absolute Gasteiger partial charge is 0.418 e. The van der Waals surface area contributed by atoms with Crippen LogP contribution in [0, 0.1) is 0 Å². The summed E-state index contributed by atoms with van der Waals surface area (Å²) in [5, 5.41) is 14.1. The van der Waals surface area contributed by atoms with Gasteiger partial charge in [0.25, 0.3) is 0 Å². The Morgan fingerprint density at radius 3 is 2.39 bits per heavy atom. The average Bonchev–Trinajstić information content (AvgIpc) is 2.96. The molecule has 3 nitrogen and oxygen atoms in total. The van der Waals surface area contributed by atoms with Crippen LogP contribution in [0.5, 0.6) is 5.75 Å². The zero-order valence-electron chi connectivity index (χ0n) is 11.6. The predicted octanol–water partition coefficient (Wildman–Crippen LogP) is 5.28. The van der Waals surface area contributed by atoms with Crippen LogP contribution in [0.1, 0.15) is 5.56 Å². The number of hydrogen-bond acceptors (Lipinski definition) is 4. The lowest BCUT2D eigenvalue weighted by Gasteiger charge is -2.12. The van der Waals surface area contributed by atoms with E-state index in [9.17, 15) is 18.3 Å². The van der Waals surface area contributed by atoms with Crippen LogP contribution in [-0.4, -0.2) is 10.1 Å². The van der Waals surface area contributed by atoms with Gasteiger partial charge in [0.05, 0.1) is 16.9 Å². The molecule has 23 heavy (non-hydrogen) atoms. The van der Waals surface area contributed by atoms with E-state index in [4.69, 9.17) is 0 Å². The first-order valence-corrected chi connectivity index (χ1v) is 7.49. The van der Waals surface area contributed by atoms with Crippen LogP contribution in [0.3, 0.4) is 0 Å². The molecule has 1 aromatic heterocycles. The lowest BCUT2D eigenvalue weighted by molar-refractivity contribution is -0.136. The minimum Gasteiger partial charge on any atom is -0.508 e. The summed E-state index contributed by atoms with van der Waals surface area (Å²) in [5.41, 5.74) is 0.631. The van der Waals surface area contributed by atoms with Crippen molar-refractivity contribution in [3.8, 4) is 17.0 Å². The third-order valence-electron chi connectivity index (χ3n) is 3.14. The molecule has 1 heterocycles. The molecule has 118 valence electrons. The Balaban J connectivity index is 1.87. The summed E-state index contributed by atoms with van der Waals surface area (Å²) in [6, 6.07) is 11.7. The third kappa shape index (κ3) is 3.45. The number of thiazole rings is 1. The number of para-hydroxylation sites is 1. The predicted molar refractivity (Wildman–Crippen MR) is 83.9 cm³/mol. The Kier molecular flexibility index (Phi) is 3.96. The highest BCUT2D eigenvalue weighted by molar-refractivity contribution is 7.14. The minimum atomic E-state index is -4.43. The molecule has 0 bridgehead atoms. The van der Waals surface area contributed by atoms with Crippen molar-refractivity contribution in [2.45, 2.75) is 6.18 Å². The maximum atomic E-state index is 13.0. The van der Waals surface area contributed by atoms with E-state index in [1.807, 2.05) is 0 Å². The summed E-state index contributed by atoms with van der Waals surface area (Å²) in [6.07, 6.45) is -4.43. The van der Waals surface area contributed by atoms with Crippen molar-refractivity contribution in [2.75, 3.05) is 5.32 Å². The SMILES string of the molecule is Oc1ccc(-c2csc(Nc3ccccc3C(F)(F)F)n2)cc1. The summed E-state index contributed by atoms with van der Waals surface area (Å²) in [6.45, 7) is 0. The van der Waals surface area contributed by atoms with Crippen LogP contribution in [-0.2, 0) is 6.18 Å². The zero-order valence-corrected chi connectivity index (χ0v) is 12.4. The summed E-state index contributed by atoms with van der Waals surface area (Å²) in [5.74, 6) is 0.140. The van der Waals surface area contributed by atoms with E-state index >= 15 is 0 Å². The van der Waals surface area contributed by atoms with Gasteiger partial charge in [-0.05, 0) is 36.4 Å². The maximum absolute atomic E-state index is 13.0. The lowest BCUT2D eigenvalue weighted by Crippen LogP contribution is -2.08. The molecule has 0 spiro atoms. The number of benzene rings is 2. The standard InChI is InChI=1S/C16H11F3N2OS/c17-16(18,19)12-3-1-2-4-13(12)20-15-21-14(9-23-15)10-5-7-11(22)8-6-10/h1-9,22H,(H,20,21). The number of rotatable bonds is 3. The Bertz CT molecular complexity index is 813. The summed E-state index contributed by atoms with van der Waals surface area (Å²) >= 11 is 1.21. The second kappa shape index (κ2) is 5.92. The highest BCUT2D eigenvalue weighted by Crippen LogP contribution is 2.36. The van der Waals surface area contributed by atoms with Crippen LogP contribution in [0.15, 0.2) is 53.9 Å². The molecule has 0 saturated carbocycles. The molecule has 0 unspecified atom stereocenters. The zero-order chi connectivity index (χ0) is 16.4. The van der Waals surface area contributed by atoms with Gasteiger partial charge in [0.15, 0.2) is 5.13 Å². The quantitative estimate of drug-likeness (QED) is 0.684. The number of nitrogens with one attached hydrogen (secondary N) is 1. The number of alkyl halides is 3. The third-order valence-corrected chi connectivity index (χ3v) is 3.90. The summed E-state index contributed by atoms with van der Waals surface area (Å²) in [7, 11) is 0. The number of anilines is 2. The van der Waals surface area contributed by atoms with Crippen molar-refractivity contribution in [3.05, 3.63) is 59.5 Å². The molecule has 0 radical (unpaired) electrons. The first-order chi connectivity index (χ1) is 10.9. The van der Waals surface area contributed by atoms with E-state index in [1.165, 1.54) is 41.7 Å². The van der Waals surface area contributed by atoms with E-state index in [1.54, 1.807) is 17.5 Å². The van der Waals surface area contributed by atoms with Crippen molar-refractivity contribution in [1.29, 1.82) is 0 Å². The van der Waals surface area contributed by atoms with Gasteiger partial charge in [0.2, 0.25) is 0 Å². The molecule has 0 fully saturated rings. The van der Waals surface area contributed by atoms with Gasteiger partial charge in [0, 0.05) is 10.9 Å². The van der Waals surface area contributed by atoms with Crippen LogP contribution in [0.4, 0.5) is 24.0 Å². The number of phenols is 1. The van der Waals surface area contributed by atoms with E-state index in [-0.39, 0.29) is 11.4 Å². The highest BCUT2D eigenvalue weighted by Gasteiger charge is 2.33. The normalized spacial score (nSPS) is 11.4. The maximum Gasteiger partial charge on any atom is 0.418 e. The Labute approximate surface area is 134 Å². The Hall–Kier alpha value is -2.54. The highest BCUT2D eigenvalue weighted by atomic mass is 32.1. The van der Waals surface area contributed by atoms with Crippen LogP contribution < -0.4 is 5.32 Å². The van der Waals surface area contributed by atoms with Crippen molar-refractivity contribution in [2.24, 2.45) is 0 Å². The number of aromatic hydroxyl groups is 1. The molecule has 0 aliphatic rings. The molecule has 0 atom stereocenters. The molecule has 0 aliphatic carbocycles. The van der Waals surface area contributed by atoms with Crippen molar-refractivity contribution in [3.63, 3.8) is 0 Å². The molecular weight excluding hydrogens is 325 g/mol. The van der Waals surface area contributed by atoms with Gasteiger partial charge in [-0.1, -0.05) is 12.1 Å². The van der Waals surface area contributed by atoms with Gasteiger partial charge in [-0.15, -0.1) is 11.3 Å². The summed E-state index contributed by atoms with van der Waals surface area (Å²) < 4.78 is 38.9. The molecular formula is C16H11F3N2OS. The van der Waals surface area contributed by atoms with Gasteiger partial charge in [0.1, 0.15) is 5.75 Å². The van der Waals surface area contributed by atoms with E-state index in [0.29, 0.717) is 10.8 Å². The Morgan fingerprint density at radius 2 is 1.70 bits per heavy atom. The number of halogens is 3. The molecule has 2 N–H and O–H groups in total. The van der Waals surface area contributed by atoms with Gasteiger partial charge in [-0.25, -0.2) is 4.98 Å².